The molecule has 0 aliphatic carbocycles. The van der Waals surface area contributed by atoms with Gasteiger partial charge in [-0.05, 0) is 84.0 Å². The van der Waals surface area contributed by atoms with Gasteiger partial charge < -0.3 is 28.6 Å². The Balaban J connectivity index is 1.47. The van der Waals surface area contributed by atoms with Gasteiger partial charge in [-0.3, -0.25) is 9.69 Å². The van der Waals surface area contributed by atoms with Crippen LogP contribution in [0.25, 0.3) is 0 Å². The van der Waals surface area contributed by atoms with Gasteiger partial charge >= 0.3 is 5.97 Å². The van der Waals surface area contributed by atoms with Gasteiger partial charge in [0.2, 0.25) is 0 Å². The Hall–Kier alpha value is -2.69. The zero-order valence-corrected chi connectivity index (χ0v) is 28.5. The molecule has 10 heteroatoms. The van der Waals surface area contributed by atoms with E-state index in [2.05, 4.69) is 41.0 Å². The fourth-order valence-corrected chi connectivity index (χ4v) is 8.75. The third kappa shape index (κ3) is 6.63. The number of thiocarbonyl (C=S) groups is 1. The highest BCUT2D eigenvalue weighted by molar-refractivity contribution is 8.22. The average Bonchev–Trinajstić information content (AvgIpc) is 3.06. The van der Waals surface area contributed by atoms with Crippen LogP contribution in [0.5, 0.6) is 23.0 Å². The van der Waals surface area contributed by atoms with Gasteiger partial charge in [0.05, 0.1) is 48.0 Å². The number of methoxy groups -OCH3 is 5. The minimum Gasteiger partial charge on any atom is -0.493 e. The van der Waals surface area contributed by atoms with E-state index in [0.717, 1.165) is 79.1 Å². The van der Waals surface area contributed by atoms with E-state index in [1.807, 2.05) is 0 Å². The van der Waals surface area contributed by atoms with E-state index in [-0.39, 0.29) is 12.0 Å². The molecule has 240 valence electrons. The van der Waals surface area contributed by atoms with E-state index in [1.54, 1.807) is 40.2 Å². The van der Waals surface area contributed by atoms with E-state index in [1.165, 1.54) is 29.4 Å². The van der Waals surface area contributed by atoms with Gasteiger partial charge in [-0.25, -0.2) is 0 Å². The molecule has 2 aromatic carbocycles. The van der Waals surface area contributed by atoms with Gasteiger partial charge in [-0.15, -0.1) is 0 Å². The standard InChI is InChI=1S/C34H46N2O6S2/c1-7-21-20-35-11-8-22-16-29(38-2)31(40-4)18-25(22)27(35)14-24(21)15-28-26-19-32(41-5)30(39-3)17-23(26)9-12-36(28)34(43)44-13-10-33(37)42-6/h16-19,21,24,27-28H,7-15,20H2,1-6H3. The molecule has 0 bridgehead atoms. The van der Waals surface area contributed by atoms with Crippen molar-refractivity contribution in [1.82, 2.24) is 9.80 Å². The summed E-state index contributed by atoms with van der Waals surface area (Å²) >= 11 is 7.62. The van der Waals surface area contributed by atoms with Crippen LogP contribution >= 0.6 is 24.0 Å². The number of nitrogens with zero attached hydrogens (tertiary/aromatic N) is 2. The summed E-state index contributed by atoms with van der Waals surface area (Å²) in [6.45, 7) is 5.31. The zero-order chi connectivity index (χ0) is 31.4. The van der Waals surface area contributed by atoms with Crippen molar-refractivity contribution in [2.75, 3.05) is 60.9 Å². The highest BCUT2D eigenvalue weighted by atomic mass is 32.2. The molecule has 0 spiro atoms. The van der Waals surface area contributed by atoms with Gasteiger partial charge in [0.25, 0.3) is 0 Å². The molecular formula is C34H46N2O6S2. The number of ether oxygens (including phenoxy) is 5. The molecule has 3 aliphatic rings. The molecule has 1 fully saturated rings. The Labute approximate surface area is 271 Å². The molecule has 8 nitrogen and oxygen atoms in total. The summed E-state index contributed by atoms with van der Waals surface area (Å²) in [4.78, 5) is 16.9. The third-order valence-corrected chi connectivity index (χ3v) is 11.3. The largest absolute Gasteiger partial charge is 0.493 e. The predicted molar refractivity (Wildman–Crippen MR) is 178 cm³/mol. The van der Waals surface area contributed by atoms with Crippen LogP contribution in [0.2, 0.25) is 0 Å². The number of hydrogen-bond acceptors (Lipinski definition) is 9. The van der Waals surface area contributed by atoms with E-state index in [9.17, 15) is 4.79 Å². The Kier molecular flexibility index (Phi) is 10.9. The maximum atomic E-state index is 11.8. The van der Waals surface area contributed by atoms with Crippen LogP contribution in [0, 0.1) is 11.8 Å². The number of esters is 1. The smallest absolute Gasteiger partial charge is 0.306 e. The third-order valence-electron chi connectivity index (χ3n) is 9.82. The van der Waals surface area contributed by atoms with Gasteiger partial charge in [0, 0.05) is 31.4 Å². The SMILES string of the molecule is CCC1CN2CCc3cc(OC)c(OC)cc3C2CC1CC1c2cc(OC)c(OC)cc2CCN1C(=S)SCCC(=O)OC. The van der Waals surface area contributed by atoms with Crippen LogP contribution in [0.1, 0.15) is 66.9 Å². The molecule has 3 heterocycles. The first-order valence-electron chi connectivity index (χ1n) is 15.6. The first kappa shape index (κ1) is 32.7. The predicted octanol–water partition coefficient (Wildman–Crippen LogP) is 6.24. The number of carbonyl (C=O) groups is 1. The van der Waals surface area contributed by atoms with Crippen LogP contribution in [0.4, 0.5) is 0 Å². The second-order valence-corrected chi connectivity index (χ2v) is 13.6. The molecular weight excluding hydrogens is 597 g/mol. The highest BCUT2D eigenvalue weighted by Gasteiger charge is 2.41. The lowest BCUT2D eigenvalue weighted by molar-refractivity contribution is -0.140. The molecule has 0 amide bonds. The summed E-state index contributed by atoms with van der Waals surface area (Å²) in [6, 6.07) is 9.14. The van der Waals surface area contributed by atoms with Crippen LogP contribution in [-0.4, -0.2) is 81.0 Å². The summed E-state index contributed by atoms with van der Waals surface area (Å²) in [6.07, 6.45) is 5.44. The molecule has 1 saturated heterocycles. The molecule has 4 unspecified atom stereocenters. The summed E-state index contributed by atoms with van der Waals surface area (Å²) in [5, 5.41) is 0. The summed E-state index contributed by atoms with van der Waals surface area (Å²) < 4.78 is 28.5. The molecule has 0 aromatic heterocycles. The maximum absolute atomic E-state index is 11.8. The van der Waals surface area contributed by atoms with Gasteiger partial charge in [0.15, 0.2) is 23.0 Å². The number of rotatable bonds is 10. The van der Waals surface area contributed by atoms with Crippen molar-refractivity contribution in [1.29, 1.82) is 0 Å². The Morgan fingerprint density at radius 3 is 2.07 bits per heavy atom. The second-order valence-electron chi connectivity index (χ2n) is 11.9. The van der Waals surface area contributed by atoms with Crippen molar-refractivity contribution in [3.05, 3.63) is 46.5 Å². The van der Waals surface area contributed by atoms with Crippen molar-refractivity contribution in [2.45, 2.75) is 57.5 Å². The molecule has 0 saturated carbocycles. The van der Waals surface area contributed by atoms with E-state index in [0.29, 0.717) is 30.1 Å². The lowest BCUT2D eigenvalue weighted by Crippen LogP contribution is -2.47. The Bertz CT molecular complexity index is 1350. The van der Waals surface area contributed by atoms with Gasteiger partial charge in [0.1, 0.15) is 4.32 Å². The monoisotopic (exact) mass is 642 g/mol. The first-order chi connectivity index (χ1) is 21.3. The van der Waals surface area contributed by atoms with Gasteiger partial charge in [-0.2, -0.15) is 0 Å². The molecule has 2 aromatic rings. The fourth-order valence-electron chi connectivity index (χ4n) is 7.45. The first-order valence-corrected chi connectivity index (χ1v) is 17.0. The minimum atomic E-state index is -0.211. The van der Waals surface area contributed by atoms with Crippen molar-refractivity contribution >= 4 is 34.3 Å². The number of hydrogen-bond donors (Lipinski definition) is 0. The summed E-state index contributed by atoms with van der Waals surface area (Å²) in [5.41, 5.74) is 5.28. The zero-order valence-electron chi connectivity index (χ0n) is 26.9. The van der Waals surface area contributed by atoms with Crippen molar-refractivity contribution in [3.63, 3.8) is 0 Å². The molecule has 4 atom stereocenters. The minimum absolute atomic E-state index is 0.107. The number of benzene rings is 2. The molecule has 0 radical (unpaired) electrons. The van der Waals surface area contributed by atoms with Crippen molar-refractivity contribution in [3.8, 4) is 23.0 Å². The van der Waals surface area contributed by atoms with Crippen molar-refractivity contribution < 1.29 is 28.5 Å². The molecule has 3 aliphatic heterocycles. The summed E-state index contributed by atoms with van der Waals surface area (Å²) in [5.74, 6) is 4.57. The number of fused-ring (bicyclic) bond motifs is 4. The topological polar surface area (TPSA) is 69.7 Å². The lowest BCUT2D eigenvalue weighted by atomic mass is 9.72. The van der Waals surface area contributed by atoms with E-state index in [4.69, 9.17) is 35.9 Å². The van der Waals surface area contributed by atoms with Crippen LogP contribution in [0.15, 0.2) is 24.3 Å². The maximum Gasteiger partial charge on any atom is 0.306 e. The molecule has 0 N–H and O–H groups in total. The Morgan fingerprint density at radius 1 is 0.864 bits per heavy atom. The van der Waals surface area contributed by atoms with Crippen LogP contribution < -0.4 is 18.9 Å². The number of piperidine rings is 1. The Morgan fingerprint density at radius 2 is 1.45 bits per heavy atom. The van der Waals surface area contributed by atoms with E-state index < -0.39 is 0 Å². The number of carbonyl (C=O) groups excluding carboxylic acids is 1. The molecule has 44 heavy (non-hydrogen) atoms. The average molecular weight is 643 g/mol. The number of thioether (sulfide) groups is 1. The fraction of sp³-hybridized carbons (Fsp3) is 0.588. The highest BCUT2D eigenvalue weighted by Crippen LogP contribution is 2.49. The lowest BCUT2D eigenvalue weighted by Gasteiger charge is -2.49. The second kappa shape index (κ2) is 14.6. The van der Waals surface area contributed by atoms with Crippen LogP contribution in [-0.2, 0) is 22.4 Å². The molecule has 5 rings (SSSR count). The quantitative estimate of drug-likeness (QED) is 0.220. The van der Waals surface area contributed by atoms with E-state index >= 15 is 0 Å². The summed E-state index contributed by atoms with van der Waals surface area (Å²) in [7, 11) is 8.23. The van der Waals surface area contributed by atoms with Gasteiger partial charge in [-0.1, -0.05) is 37.3 Å². The normalized spacial score (nSPS) is 22.7. The van der Waals surface area contributed by atoms with Crippen molar-refractivity contribution in [2.24, 2.45) is 11.8 Å². The van der Waals surface area contributed by atoms with Crippen LogP contribution in [0.3, 0.4) is 0 Å².